The molecule has 2 aromatic rings. The highest BCUT2D eigenvalue weighted by Crippen LogP contribution is 2.35. The Hall–Kier alpha value is -2.12. The number of para-hydroxylation sites is 1. The molecule has 4 heteroatoms. The number of nitriles is 1. The zero-order valence-electron chi connectivity index (χ0n) is 9.88. The minimum atomic E-state index is 0.615. The van der Waals surface area contributed by atoms with Gasteiger partial charge in [-0.15, -0.1) is 0 Å². The molecule has 0 bridgehead atoms. The summed E-state index contributed by atoms with van der Waals surface area (Å²) in [5.74, 6) is 0.728. The highest BCUT2D eigenvalue weighted by Gasteiger charge is 2.07. The maximum absolute atomic E-state index is 9.09. The Bertz CT molecular complexity index is 605. The summed E-state index contributed by atoms with van der Waals surface area (Å²) in [6.07, 6.45) is 0. The first kappa shape index (κ1) is 12.3. The molecule has 0 unspecified atom stereocenters. The average molecular weight is 256 g/mol. The minimum Gasteiger partial charge on any atom is -0.497 e. The molecular weight excluding hydrogens is 244 g/mol. The van der Waals surface area contributed by atoms with E-state index in [1.165, 1.54) is 11.8 Å². The molecule has 2 rings (SSSR count). The Balaban J connectivity index is 2.39. The van der Waals surface area contributed by atoms with E-state index in [2.05, 4.69) is 6.07 Å². The van der Waals surface area contributed by atoms with E-state index in [0.717, 1.165) is 15.5 Å². The first-order chi connectivity index (χ1) is 8.74. The third-order valence-electron chi connectivity index (χ3n) is 2.45. The highest BCUT2D eigenvalue weighted by molar-refractivity contribution is 7.99. The maximum Gasteiger partial charge on any atom is 0.120 e. The number of ether oxygens (including phenoxy) is 1. The van der Waals surface area contributed by atoms with Gasteiger partial charge < -0.3 is 10.5 Å². The zero-order valence-corrected chi connectivity index (χ0v) is 10.7. The van der Waals surface area contributed by atoms with Crippen molar-refractivity contribution in [2.75, 3.05) is 12.8 Å². The zero-order chi connectivity index (χ0) is 13.0. The van der Waals surface area contributed by atoms with Crippen LogP contribution in [0.5, 0.6) is 5.75 Å². The lowest BCUT2D eigenvalue weighted by Gasteiger charge is -2.08. The van der Waals surface area contributed by atoms with Gasteiger partial charge in [-0.2, -0.15) is 5.26 Å². The molecule has 0 aliphatic rings. The normalized spacial score (nSPS) is 9.78. The number of nitrogen functional groups attached to an aromatic ring is 1. The predicted molar refractivity (Wildman–Crippen MR) is 72.7 cm³/mol. The second kappa shape index (κ2) is 5.48. The van der Waals surface area contributed by atoms with E-state index in [4.69, 9.17) is 15.7 Å². The van der Waals surface area contributed by atoms with Gasteiger partial charge in [0.15, 0.2) is 0 Å². The van der Waals surface area contributed by atoms with Crippen LogP contribution in [0.25, 0.3) is 0 Å². The predicted octanol–water partition coefficient (Wildman–Crippen LogP) is 3.30. The number of hydrogen-bond donors (Lipinski definition) is 1. The van der Waals surface area contributed by atoms with E-state index in [0.29, 0.717) is 11.3 Å². The van der Waals surface area contributed by atoms with E-state index in [-0.39, 0.29) is 0 Å². The third kappa shape index (κ3) is 2.58. The number of benzene rings is 2. The number of nitrogens with zero attached hydrogens (tertiary/aromatic N) is 1. The molecule has 0 aliphatic heterocycles. The van der Waals surface area contributed by atoms with E-state index < -0.39 is 0 Å². The van der Waals surface area contributed by atoms with Crippen molar-refractivity contribution in [1.29, 1.82) is 5.26 Å². The number of rotatable bonds is 3. The lowest BCUT2D eigenvalue weighted by molar-refractivity contribution is 0.413. The Labute approximate surface area is 110 Å². The molecule has 0 amide bonds. The molecule has 18 heavy (non-hydrogen) atoms. The number of methoxy groups -OCH3 is 1. The fourth-order valence-electron chi connectivity index (χ4n) is 1.50. The summed E-state index contributed by atoms with van der Waals surface area (Å²) in [6.45, 7) is 0. The number of nitrogens with two attached hydrogens (primary N) is 1. The van der Waals surface area contributed by atoms with Crippen LogP contribution in [-0.4, -0.2) is 7.11 Å². The Kier molecular flexibility index (Phi) is 3.75. The molecule has 0 fully saturated rings. The van der Waals surface area contributed by atoms with Crippen LogP contribution in [0.4, 0.5) is 5.69 Å². The van der Waals surface area contributed by atoms with Crippen molar-refractivity contribution in [1.82, 2.24) is 0 Å². The molecule has 0 aliphatic carbocycles. The fourth-order valence-corrected chi connectivity index (χ4v) is 2.47. The summed E-state index contributed by atoms with van der Waals surface area (Å²) in [5, 5.41) is 9.09. The molecule has 90 valence electrons. The SMILES string of the molecule is COc1ccc(C#N)c(Sc2ccccc2N)c1. The maximum atomic E-state index is 9.09. The molecule has 2 aromatic carbocycles. The second-order valence-electron chi connectivity index (χ2n) is 3.61. The summed E-state index contributed by atoms with van der Waals surface area (Å²) in [4.78, 5) is 1.78. The van der Waals surface area contributed by atoms with Gasteiger partial charge in [-0.3, -0.25) is 0 Å². The van der Waals surface area contributed by atoms with Crippen LogP contribution in [0.1, 0.15) is 5.56 Å². The van der Waals surface area contributed by atoms with Gasteiger partial charge in [0.2, 0.25) is 0 Å². The van der Waals surface area contributed by atoms with Gasteiger partial charge in [0.1, 0.15) is 11.8 Å². The van der Waals surface area contributed by atoms with Gasteiger partial charge in [-0.05, 0) is 30.3 Å². The van der Waals surface area contributed by atoms with Crippen molar-refractivity contribution in [2.24, 2.45) is 0 Å². The van der Waals surface area contributed by atoms with Crippen molar-refractivity contribution in [3.05, 3.63) is 48.0 Å². The molecule has 2 N–H and O–H groups in total. The van der Waals surface area contributed by atoms with Crippen LogP contribution in [-0.2, 0) is 0 Å². The summed E-state index contributed by atoms with van der Waals surface area (Å²) >= 11 is 1.47. The standard InChI is InChI=1S/C14H12N2OS/c1-17-11-7-6-10(9-15)14(8-11)18-13-5-3-2-4-12(13)16/h2-8H,16H2,1H3. The lowest BCUT2D eigenvalue weighted by atomic mass is 10.2. The Morgan fingerprint density at radius 3 is 2.61 bits per heavy atom. The van der Waals surface area contributed by atoms with Crippen molar-refractivity contribution < 1.29 is 4.74 Å². The highest BCUT2D eigenvalue weighted by atomic mass is 32.2. The fraction of sp³-hybridized carbons (Fsp3) is 0.0714. The van der Waals surface area contributed by atoms with Crippen molar-refractivity contribution in [2.45, 2.75) is 9.79 Å². The van der Waals surface area contributed by atoms with Gasteiger partial charge in [-0.25, -0.2) is 0 Å². The summed E-state index contributed by atoms with van der Waals surface area (Å²) in [6, 6.07) is 15.1. The van der Waals surface area contributed by atoms with Crippen LogP contribution in [0.15, 0.2) is 52.3 Å². The topological polar surface area (TPSA) is 59.0 Å². The third-order valence-corrected chi connectivity index (χ3v) is 3.60. The average Bonchev–Trinajstić information content (AvgIpc) is 2.41. The largest absolute Gasteiger partial charge is 0.497 e. The molecule has 0 saturated heterocycles. The quantitative estimate of drug-likeness (QED) is 0.856. The molecule has 3 nitrogen and oxygen atoms in total. The van der Waals surface area contributed by atoms with Gasteiger partial charge in [0.05, 0.1) is 12.7 Å². The molecular formula is C14H12N2OS. The lowest BCUT2D eigenvalue weighted by Crippen LogP contribution is -1.89. The first-order valence-electron chi connectivity index (χ1n) is 5.35. The molecule has 0 spiro atoms. The van der Waals surface area contributed by atoms with Crippen LogP contribution < -0.4 is 10.5 Å². The van der Waals surface area contributed by atoms with Crippen LogP contribution in [0.2, 0.25) is 0 Å². The summed E-state index contributed by atoms with van der Waals surface area (Å²) in [7, 11) is 1.60. The molecule has 0 atom stereocenters. The smallest absolute Gasteiger partial charge is 0.120 e. The van der Waals surface area contributed by atoms with Crippen LogP contribution in [0.3, 0.4) is 0 Å². The molecule has 0 heterocycles. The summed E-state index contributed by atoms with van der Waals surface area (Å²) < 4.78 is 5.17. The van der Waals surface area contributed by atoms with E-state index >= 15 is 0 Å². The van der Waals surface area contributed by atoms with Gasteiger partial charge in [0.25, 0.3) is 0 Å². The minimum absolute atomic E-state index is 0.615. The van der Waals surface area contributed by atoms with Gasteiger partial charge >= 0.3 is 0 Å². The first-order valence-corrected chi connectivity index (χ1v) is 6.16. The van der Waals surface area contributed by atoms with Crippen molar-refractivity contribution in [3.63, 3.8) is 0 Å². The van der Waals surface area contributed by atoms with E-state index in [1.807, 2.05) is 30.3 Å². The van der Waals surface area contributed by atoms with E-state index in [1.54, 1.807) is 19.2 Å². The van der Waals surface area contributed by atoms with Crippen molar-refractivity contribution >= 4 is 17.4 Å². The van der Waals surface area contributed by atoms with Crippen molar-refractivity contribution in [3.8, 4) is 11.8 Å². The Morgan fingerprint density at radius 1 is 1.17 bits per heavy atom. The number of hydrogen-bond acceptors (Lipinski definition) is 4. The van der Waals surface area contributed by atoms with Crippen LogP contribution in [0, 0.1) is 11.3 Å². The van der Waals surface area contributed by atoms with Crippen LogP contribution >= 0.6 is 11.8 Å². The molecule has 0 saturated carbocycles. The number of anilines is 1. The molecule has 0 radical (unpaired) electrons. The van der Waals surface area contributed by atoms with Gasteiger partial charge in [-0.1, -0.05) is 23.9 Å². The monoisotopic (exact) mass is 256 g/mol. The molecule has 0 aromatic heterocycles. The summed E-state index contributed by atoms with van der Waals surface area (Å²) in [5.41, 5.74) is 7.21. The Morgan fingerprint density at radius 2 is 1.94 bits per heavy atom. The van der Waals surface area contributed by atoms with Gasteiger partial charge in [0, 0.05) is 15.5 Å². The second-order valence-corrected chi connectivity index (χ2v) is 4.70. The van der Waals surface area contributed by atoms with E-state index in [9.17, 15) is 0 Å².